The molecule has 2 atom stereocenters. The zero-order valence-electron chi connectivity index (χ0n) is 10.3. The van der Waals surface area contributed by atoms with Gasteiger partial charge in [0.2, 0.25) is 0 Å². The summed E-state index contributed by atoms with van der Waals surface area (Å²) in [6.45, 7) is 0.610. The van der Waals surface area contributed by atoms with Crippen molar-refractivity contribution in [1.29, 1.82) is 0 Å². The highest BCUT2D eigenvalue weighted by molar-refractivity contribution is 5.42. The molecule has 98 valence electrons. The van der Waals surface area contributed by atoms with E-state index < -0.39 is 0 Å². The van der Waals surface area contributed by atoms with Crippen molar-refractivity contribution >= 4 is 5.69 Å². The van der Waals surface area contributed by atoms with Gasteiger partial charge in [-0.25, -0.2) is 4.39 Å². The fourth-order valence-corrected chi connectivity index (χ4v) is 3.42. The first kappa shape index (κ1) is 11.9. The first-order chi connectivity index (χ1) is 8.65. The van der Waals surface area contributed by atoms with E-state index in [1.807, 2.05) is 0 Å². The number of hydrogen-bond donors (Lipinski definition) is 2. The number of halogens is 1. The van der Waals surface area contributed by atoms with Gasteiger partial charge >= 0.3 is 0 Å². The van der Waals surface area contributed by atoms with Crippen LogP contribution in [0.5, 0.6) is 0 Å². The fraction of sp³-hybridized carbons (Fsp3) is 0.571. The largest absolute Gasteiger partial charge is 0.396 e. The number of rotatable bonds is 2. The minimum absolute atomic E-state index is 0.176. The van der Waals surface area contributed by atoms with Crippen LogP contribution in [0.15, 0.2) is 18.2 Å². The summed E-state index contributed by atoms with van der Waals surface area (Å²) < 4.78 is 13.9. The first-order valence-electron chi connectivity index (χ1n) is 6.62. The quantitative estimate of drug-likeness (QED) is 0.788. The predicted octanol–water partition coefficient (Wildman–Crippen LogP) is 1.90. The van der Waals surface area contributed by atoms with E-state index in [9.17, 15) is 9.50 Å². The molecule has 0 aromatic heterocycles. The third-order valence-corrected chi connectivity index (χ3v) is 4.32. The lowest BCUT2D eigenvalue weighted by Gasteiger charge is -2.37. The Kier molecular flexibility index (Phi) is 2.99. The van der Waals surface area contributed by atoms with Gasteiger partial charge in [-0.1, -0.05) is 12.1 Å². The van der Waals surface area contributed by atoms with E-state index in [1.165, 1.54) is 0 Å². The summed E-state index contributed by atoms with van der Waals surface area (Å²) >= 11 is 0. The molecule has 2 unspecified atom stereocenters. The maximum Gasteiger partial charge on any atom is 0.150 e. The lowest BCUT2D eigenvalue weighted by molar-refractivity contribution is 0.0305. The van der Waals surface area contributed by atoms with Crippen LogP contribution in [0, 0.1) is 5.82 Å². The number of benzene rings is 1. The summed E-state index contributed by atoms with van der Waals surface area (Å²) in [5.74, 6) is -0.289. The zero-order valence-corrected chi connectivity index (χ0v) is 10.3. The van der Waals surface area contributed by atoms with Gasteiger partial charge in [0, 0.05) is 24.2 Å². The zero-order chi connectivity index (χ0) is 12.7. The molecular weight excluding hydrogens is 231 g/mol. The summed E-state index contributed by atoms with van der Waals surface area (Å²) in [6.07, 6.45) is 3.70. The van der Waals surface area contributed by atoms with Crippen LogP contribution in [0.4, 0.5) is 10.1 Å². The Balaban J connectivity index is 1.79. The molecule has 3 rings (SSSR count). The number of nitrogen functional groups attached to an aromatic ring is 1. The standard InChI is InChI=1S/C14H19FN2O/c15-14-9(2-1-3-13(14)16)8-17-10-4-5-11(17)7-12(18)6-10/h1-3,10-12,18H,4-8,16H2. The average molecular weight is 250 g/mol. The van der Waals surface area contributed by atoms with E-state index in [0.717, 1.165) is 25.7 Å². The lowest BCUT2D eigenvalue weighted by Crippen LogP contribution is -2.44. The van der Waals surface area contributed by atoms with Crippen LogP contribution < -0.4 is 5.73 Å². The van der Waals surface area contributed by atoms with Crippen molar-refractivity contribution in [2.75, 3.05) is 5.73 Å². The molecule has 0 amide bonds. The minimum atomic E-state index is -0.289. The summed E-state index contributed by atoms with van der Waals surface area (Å²) in [4.78, 5) is 2.34. The van der Waals surface area contributed by atoms with Gasteiger partial charge in [-0.3, -0.25) is 4.90 Å². The highest BCUT2D eigenvalue weighted by Gasteiger charge is 2.40. The monoisotopic (exact) mass is 250 g/mol. The Bertz CT molecular complexity index is 437. The topological polar surface area (TPSA) is 49.5 Å². The summed E-state index contributed by atoms with van der Waals surface area (Å²) in [5, 5.41) is 9.75. The molecule has 3 nitrogen and oxygen atoms in total. The maximum atomic E-state index is 13.9. The molecule has 0 saturated carbocycles. The third kappa shape index (κ3) is 1.99. The van der Waals surface area contributed by atoms with E-state index in [4.69, 9.17) is 5.73 Å². The van der Waals surface area contributed by atoms with Crippen molar-refractivity contribution in [3.05, 3.63) is 29.6 Å². The molecule has 2 aliphatic heterocycles. The Labute approximate surface area is 106 Å². The number of nitrogens with zero attached hydrogens (tertiary/aromatic N) is 1. The van der Waals surface area contributed by atoms with Gasteiger partial charge < -0.3 is 10.8 Å². The van der Waals surface area contributed by atoms with Gasteiger partial charge in [0.1, 0.15) is 0 Å². The number of fused-ring (bicyclic) bond motifs is 2. The molecule has 3 N–H and O–H groups in total. The van der Waals surface area contributed by atoms with E-state index in [-0.39, 0.29) is 17.6 Å². The average Bonchev–Trinajstić information content (AvgIpc) is 2.58. The van der Waals surface area contributed by atoms with Gasteiger partial charge in [-0.05, 0) is 31.7 Å². The minimum Gasteiger partial charge on any atom is -0.396 e. The molecule has 18 heavy (non-hydrogen) atoms. The summed E-state index contributed by atoms with van der Waals surface area (Å²) in [6, 6.07) is 6.00. The van der Waals surface area contributed by atoms with Crippen molar-refractivity contribution in [3.8, 4) is 0 Å². The second kappa shape index (κ2) is 4.52. The van der Waals surface area contributed by atoms with Gasteiger partial charge in [-0.2, -0.15) is 0 Å². The Morgan fingerprint density at radius 1 is 1.28 bits per heavy atom. The van der Waals surface area contributed by atoms with Gasteiger partial charge in [0.05, 0.1) is 11.8 Å². The van der Waals surface area contributed by atoms with E-state index in [2.05, 4.69) is 4.90 Å². The number of nitrogens with two attached hydrogens (primary N) is 1. The number of piperidine rings is 1. The van der Waals surface area contributed by atoms with Crippen molar-refractivity contribution in [2.45, 2.75) is 50.4 Å². The Hall–Kier alpha value is -1.13. The highest BCUT2D eigenvalue weighted by Crippen LogP contribution is 2.37. The molecule has 2 saturated heterocycles. The van der Waals surface area contributed by atoms with Crippen LogP contribution in [0.3, 0.4) is 0 Å². The number of hydrogen-bond acceptors (Lipinski definition) is 3. The predicted molar refractivity (Wildman–Crippen MR) is 68.4 cm³/mol. The Morgan fingerprint density at radius 2 is 1.94 bits per heavy atom. The van der Waals surface area contributed by atoms with Gasteiger partial charge in [0.15, 0.2) is 5.82 Å². The smallest absolute Gasteiger partial charge is 0.150 e. The molecule has 0 spiro atoms. The summed E-state index contributed by atoms with van der Waals surface area (Å²) in [5.41, 5.74) is 6.49. The molecule has 2 aliphatic rings. The van der Waals surface area contributed by atoms with Crippen LogP contribution in [0.2, 0.25) is 0 Å². The van der Waals surface area contributed by atoms with Crippen LogP contribution in [0.1, 0.15) is 31.2 Å². The molecule has 2 heterocycles. The normalized spacial score (nSPS) is 31.8. The van der Waals surface area contributed by atoms with Crippen LogP contribution in [0.25, 0.3) is 0 Å². The van der Waals surface area contributed by atoms with Crippen molar-refractivity contribution in [3.63, 3.8) is 0 Å². The SMILES string of the molecule is Nc1cccc(CN2C3CCC2CC(O)C3)c1F. The molecule has 0 aliphatic carbocycles. The van der Waals surface area contributed by atoms with Crippen LogP contribution >= 0.6 is 0 Å². The second-order valence-corrected chi connectivity index (χ2v) is 5.50. The number of aliphatic hydroxyl groups is 1. The molecule has 0 radical (unpaired) electrons. The lowest BCUT2D eigenvalue weighted by atomic mass is 9.99. The van der Waals surface area contributed by atoms with E-state index in [1.54, 1.807) is 18.2 Å². The van der Waals surface area contributed by atoms with Gasteiger partial charge in [-0.15, -0.1) is 0 Å². The molecule has 2 fully saturated rings. The van der Waals surface area contributed by atoms with Crippen molar-refractivity contribution in [2.24, 2.45) is 0 Å². The third-order valence-electron chi connectivity index (χ3n) is 4.32. The first-order valence-corrected chi connectivity index (χ1v) is 6.62. The van der Waals surface area contributed by atoms with E-state index in [0.29, 0.717) is 24.2 Å². The highest BCUT2D eigenvalue weighted by atomic mass is 19.1. The van der Waals surface area contributed by atoms with Crippen molar-refractivity contribution in [1.82, 2.24) is 4.90 Å². The fourth-order valence-electron chi connectivity index (χ4n) is 3.42. The Morgan fingerprint density at radius 3 is 2.61 bits per heavy atom. The van der Waals surface area contributed by atoms with Crippen molar-refractivity contribution < 1.29 is 9.50 Å². The van der Waals surface area contributed by atoms with Gasteiger partial charge in [0.25, 0.3) is 0 Å². The molecule has 4 heteroatoms. The second-order valence-electron chi connectivity index (χ2n) is 5.50. The molecular formula is C14H19FN2O. The molecule has 2 bridgehead atoms. The van der Waals surface area contributed by atoms with Crippen LogP contribution in [-0.4, -0.2) is 28.2 Å². The summed E-state index contributed by atoms with van der Waals surface area (Å²) in [7, 11) is 0. The maximum absolute atomic E-state index is 13.9. The molecule has 1 aromatic carbocycles. The van der Waals surface area contributed by atoms with E-state index >= 15 is 0 Å². The number of anilines is 1. The number of aliphatic hydroxyl groups excluding tert-OH is 1. The molecule has 1 aromatic rings. The van der Waals surface area contributed by atoms with Crippen LogP contribution in [-0.2, 0) is 6.54 Å².